The van der Waals surface area contributed by atoms with Gasteiger partial charge in [0.05, 0.1) is 0 Å². The summed E-state index contributed by atoms with van der Waals surface area (Å²) >= 11 is 1.70. The Balaban J connectivity index is 2.33. The van der Waals surface area contributed by atoms with Gasteiger partial charge in [-0.15, -0.1) is 11.8 Å². The van der Waals surface area contributed by atoms with E-state index in [2.05, 4.69) is 36.4 Å². The average molecular weight is 296 g/mol. The third-order valence-corrected chi connectivity index (χ3v) is 4.10. The molecule has 0 radical (unpaired) electrons. The Labute approximate surface area is 125 Å². The van der Waals surface area contributed by atoms with Crippen molar-refractivity contribution in [3.8, 4) is 0 Å². The highest BCUT2D eigenvalue weighted by molar-refractivity contribution is 7.99. The van der Waals surface area contributed by atoms with Crippen LogP contribution >= 0.6 is 11.8 Å². The zero-order valence-corrected chi connectivity index (χ0v) is 13.0. The van der Waals surface area contributed by atoms with Crippen molar-refractivity contribution in [2.75, 3.05) is 26.4 Å². The van der Waals surface area contributed by atoms with Gasteiger partial charge in [-0.1, -0.05) is 24.6 Å². The molecule has 5 heteroatoms. The lowest BCUT2D eigenvalue weighted by atomic mass is 10.1. The van der Waals surface area contributed by atoms with E-state index < -0.39 is 6.09 Å². The molecule has 1 aromatic rings. The van der Waals surface area contributed by atoms with Crippen molar-refractivity contribution in [1.82, 2.24) is 10.2 Å². The van der Waals surface area contributed by atoms with Crippen LogP contribution in [0.1, 0.15) is 19.3 Å². The van der Waals surface area contributed by atoms with Gasteiger partial charge in [0.1, 0.15) is 0 Å². The summed E-state index contributed by atoms with van der Waals surface area (Å²) in [4.78, 5) is 14.2. The lowest BCUT2D eigenvalue weighted by Gasteiger charge is -2.17. The van der Waals surface area contributed by atoms with E-state index >= 15 is 0 Å². The normalized spacial score (nSPS) is 12.3. The summed E-state index contributed by atoms with van der Waals surface area (Å²) in [6.45, 7) is 1.05. The number of rotatable bonds is 9. The molecule has 0 saturated carbocycles. The van der Waals surface area contributed by atoms with E-state index in [0.717, 1.165) is 31.6 Å². The molecular formula is C15H24N2O2S. The molecule has 20 heavy (non-hydrogen) atoms. The number of benzene rings is 1. The van der Waals surface area contributed by atoms with Crippen LogP contribution in [0.25, 0.3) is 0 Å². The minimum Gasteiger partial charge on any atom is -0.465 e. The number of unbranched alkanes of at least 4 members (excludes halogenated alkanes) is 1. The van der Waals surface area contributed by atoms with Crippen LogP contribution in [0.3, 0.4) is 0 Å². The predicted octanol–water partition coefficient (Wildman–Crippen LogP) is 3.15. The van der Waals surface area contributed by atoms with Crippen LogP contribution in [0.2, 0.25) is 0 Å². The van der Waals surface area contributed by atoms with Gasteiger partial charge in [-0.25, -0.2) is 4.79 Å². The number of carboxylic acid groups (broad SMARTS) is 1. The highest BCUT2D eigenvalue weighted by Gasteiger charge is 2.11. The second kappa shape index (κ2) is 9.66. The van der Waals surface area contributed by atoms with Crippen molar-refractivity contribution >= 4 is 17.9 Å². The fourth-order valence-corrected chi connectivity index (χ4v) is 2.90. The van der Waals surface area contributed by atoms with E-state index in [1.807, 2.05) is 18.2 Å². The van der Waals surface area contributed by atoms with E-state index in [1.165, 1.54) is 4.90 Å². The van der Waals surface area contributed by atoms with Gasteiger partial charge in [0.25, 0.3) is 0 Å². The van der Waals surface area contributed by atoms with E-state index in [4.69, 9.17) is 5.11 Å². The summed E-state index contributed by atoms with van der Waals surface area (Å²) in [5.74, 6) is 0.776. The first-order valence-corrected chi connectivity index (χ1v) is 7.88. The molecule has 0 aliphatic heterocycles. The molecule has 0 aliphatic carbocycles. The quantitative estimate of drug-likeness (QED) is 0.543. The maximum Gasteiger partial charge on any atom is 0.404 e. The summed E-state index contributed by atoms with van der Waals surface area (Å²) in [6.07, 6.45) is 2.09. The first kappa shape index (κ1) is 16.9. The summed E-state index contributed by atoms with van der Waals surface area (Å²) in [7, 11) is 4.11. The molecule has 1 amide bonds. The summed E-state index contributed by atoms with van der Waals surface area (Å²) in [5, 5.41) is 11.5. The Kier molecular flexibility index (Phi) is 8.14. The summed E-state index contributed by atoms with van der Waals surface area (Å²) in [5.41, 5.74) is 0. The predicted molar refractivity (Wildman–Crippen MR) is 84.5 cm³/mol. The molecule has 0 saturated heterocycles. The fourth-order valence-electron chi connectivity index (χ4n) is 1.90. The second-order valence-corrected chi connectivity index (χ2v) is 6.16. The Morgan fingerprint density at radius 2 is 2.00 bits per heavy atom. The van der Waals surface area contributed by atoms with Crippen LogP contribution in [0.15, 0.2) is 35.2 Å². The molecule has 0 spiro atoms. The van der Waals surface area contributed by atoms with Gasteiger partial charge in [0.15, 0.2) is 0 Å². The van der Waals surface area contributed by atoms with Gasteiger partial charge in [-0.3, -0.25) is 0 Å². The molecule has 0 unspecified atom stereocenters. The average Bonchev–Trinajstić information content (AvgIpc) is 2.41. The molecule has 0 bridgehead atoms. The Morgan fingerprint density at radius 3 is 2.60 bits per heavy atom. The van der Waals surface area contributed by atoms with Gasteiger partial charge >= 0.3 is 6.09 Å². The standard InChI is InChI=1S/C15H24N2O2S/c1-17(2)11-7-6-8-13(16-15(18)19)12-20-14-9-4-3-5-10-14/h3-5,9-10,13,16H,6-8,11-12H2,1-2H3,(H,18,19)/t13-/m1/s1. The first-order valence-electron chi connectivity index (χ1n) is 6.90. The van der Waals surface area contributed by atoms with Crippen molar-refractivity contribution in [2.24, 2.45) is 0 Å². The molecule has 0 fully saturated rings. The number of hydrogen-bond donors (Lipinski definition) is 2. The smallest absolute Gasteiger partial charge is 0.404 e. The molecular weight excluding hydrogens is 272 g/mol. The highest BCUT2D eigenvalue weighted by atomic mass is 32.2. The number of hydrogen-bond acceptors (Lipinski definition) is 3. The maximum absolute atomic E-state index is 10.8. The number of thioether (sulfide) groups is 1. The van der Waals surface area contributed by atoms with Crippen LogP contribution in [0.4, 0.5) is 4.79 Å². The third kappa shape index (κ3) is 8.07. The number of nitrogens with one attached hydrogen (secondary N) is 1. The minimum absolute atomic E-state index is 0.0138. The Bertz CT molecular complexity index is 385. The van der Waals surface area contributed by atoms with Crippen LogP contribution in [-0.2, 0) is 0 Å². The van der Waals surface area contributed by atoms with Gasteiger partial charge in [-0.05, 0) is 45.6 Å². The lowest BCUT2D eigenvalue weighted by molar-refractivity contribution is 0.190. The van der Waals surface area contributed by atoms with Crippen molar-refractivity contribution in [3.05, 3.63) is 30.3 Å². The van der Waals surface area contributed by atoms with Crippen molar-refractivity contribution < 1.29 is 9.90 Å². The minimum atomic E-state index is -0.934. The van der Waals surface area contributed by atoms with E-state index in [-0.39, 0.29) is 6.04 Å². The largest absolute Gasteiger partial charge is 0.465 e. The van der Waals surface area contributed by atoms with E-state index in [9.17, 15) is 4.79 Å². The second-order valence-electron chi connectivity index (χ2n) is 5.07. The molecule has 0 aromatic heterocycles. The van der Waals surface area contributed by atoms with Gasteiger partial charge in [-0.2, -0.15) is 0 Å². The van der Waals surface area contributed by atoms with Gasteiger partial charge in [0, 0.05) is 16.7 Å². The highest BCUT2D eigenvalue weighted by Crippen LogP contribution is 2.19. The molecule has 112 valence electrons. The fraction of sp³-hybridized carbons (Fsp3) is 0.533. The number of nitrogens with zero attached hydrogens (tertiary/aromatic N) is 1. The summed E-state index contributed by atoms with van der Waals surface area (Å²) < 4.78 is 0. The van der Waals surface area contributed by atoms with Crippen LogP contribution in [0, 0.1) is 0 Å². The SMILES string of the molecule is CN(C)CCCC[C@H](CSc1ccccc1)NC(=O)O. The third-order valence-electron chi connectivity index (χ3n) is 2.93. The van der Waals surface area contributed by atoms with Crippen LogP contribution < -0.4 is 5.32 Å². The van der Waals surface area contributed by atoms with Crippen molar-refractivity contribution in [1.29, 1.82) is 0 Å². The zero-order valence-electron chi connectivity index (χ0n) is 12.2. The zero-order chi connectivity index (χ0) is 14.8. The Hall–Kier alpha value is -1.20. The summed E-state index contributed by atoms with van der Waals surface area (Å²) in [6, 6.07) is 10.1. The number of amides is 1. The van der Waals surface area contributed by atoms with Crippen molar-refractivity contribution in [2.45, 2.75) is 30.2 Å². The molecule has 0 heterocycles. The molecule has 1 atom stereocenters. The van der Waals surface area contributed by atoms with E-state index in [1.54, 1.807) is 11.8 Å². The van der Waals surface area contributed by atoms with Crippen molar-refractivity contribution in [3.63, 3.8) is 0 Å². The lowest BCUT2D eigenvalue weighted by Crippen LogP contribution is -2.35. The topological polar surface area (TPSA) is 52.6 Å². The molecule has 1 rings (SSSR count). The Morgan fingerprint density at radius 1 is 1.30 bits per heavy atom. The molecule has 0 aliphatic rings. The number of carbonyl (C=O) groups is 1. The molecule has 1 aromatic carbocycles. The van der Waals surface area contributed by atoms with Crippen LogP contribution in [0.5, 0.6) is 0 Å². The molecule has 2 N–H and O–H groups in total. The first-order chi connectivity index (χ1) is 9.58. The molecule has 4 nitrogen and oxygen atoms in total. The maximum atomic E-state index is 10.8. The van der Waals surface area contributed by atoms with Gasteiger partial charge < -0.3 is 15.3 Å². The van der Waals surface area contributed by atoms with Crippen LogP contribution in [-0.4, -0.2) is 48.5 Å². The monoisotopic (exact) mass is 296 g/mol. The van der Waals surface area contributed by atoms with E-state index in [0.29, 0.717) is 0 Å². The van der Waals surface area contributed by atoms with Gasteiger partial charge in [0.2, 0.25) is 0 Å².